The Morgan fingerprint density at radius 1 is 1.05 bits per heavy atom. The van der Waals surface area contributed by atoms with Gasteiger partial charge in [0.2, 0.25) is 0 Å². The molecule has 0 aromatic carbocycles. The maximum atomic E-state index is 9.09. The molecule has 0 aliphatic heterocycles. The van der Waals surface area contributed by atoms with Crippen molar-refractivity contribution < 1.29 is 5.11 Å². The highest BCUT2D eigenvalue weighted by atomic mass is 16.3. The molecule has 0 aliphatic rings. The van der Waals surface area contributed by atoms with Crippen molar-refractivity contribution in [1.82, 2.24) is 5.32 Å². The van der Waals surface area contributed by atoms with Gasteiger partial charge in [0, 0.05) is 18.1 Å². The fourth-order valence-corrected chi connectivity index (χ4v) is 2.37. The monoisotopic (exact) mass is 301 g/mol. The highest BCUT2D eigenvalue weighted by Crippen LogP contribution is 2.09. The smallest absolute Gasteiger partial charge is 0.0608 e. The Morgan fingerprint density at radius 3 is 2.19 bits per heavy atom. The average Bonchev–Trinajstić information content (AvgIpc) is 2.47. The van der Waals surface area contributed by atoms with Crippen molar-refractivity contribution in [3.05, 3.63) is 0 Å². The summed E-state index contributed by atoms with van der Waals surface area (Å²) in [6.45, 7) is 6.05. The van der Waals surface area contributed by atoms with Gasteiger partial charge in [-0.25, -0.2) is 0 Å². The molecule has 0 aromatic heterocycles. The Bertz CT molecular complexity index is 222. The first kappa shape index (κ1) is 20.8. The largest absolute Gasteiger partial charge is 0.394 e. The summed E-state index contributed by atoms with van der Waals surface area (Å²) >= 11 is 0. The number of nitrogens with two attached hydrogens (primary N) is 2. The molecule has 0 radical (unpaired) electrons. The molecule has 2 atom stereocenters. The van der Waals surface area contributed by atoms with Gasteiger partial charge in [-0.2, -0.15) is 0 Å². The molecular formula is C17H39N3O. The molecule has 4 nitrogen and oxygen atoms in total. The van der Waals surface area contributed by atoms with Gasteiger partial charge in [0.05, 0.1) is 6.61 Å². The Balaban J connectivity index is 3.27. The SMILES string of the molecule is CCCCCCCCCCNCC(N)CCC(C)(N)CO. The van der Waals surface area contributed by atoms with Crippen LogP contribution in [0.2, 0.25) is 0 Å². The quantitative estimate of drug-likeness (QED) is 0.350. The zero-order valence-electron chi connectivity index (χ0n) is 14.4. The molecule has 0 rings (SSSR count). The molecule has 0 bridgehead atoms. The van der Waals surface area contributed by atoms with Gasteiger partial charge in [-0.15, -0.1) is 0 Å². The van der Waals surface area contributed by atoms with Crippen LogP contribution in [0.5, 0.6) is 0 Å². The van der Waals surface area contributed by atoms with Crippen molar-refractivity contribution in [3.8, 4) is 0 Å². The van der Waals surface area contributed by atoms with Crippen molar-refractivity contribution in [1.29, 1.82) is 0 Å². The third kappa shape index (κ3) is 14.5. The minimum Gasteiger partial charge on any atom is -0.394 e. The molecule has 0 heterocycles. The van der Waals surface area contributed by atoms with Crippen molar-refractivity contribution in [2.75, 3.05) is 19.7 Å². The van der Waals surface area contributed by atoms with Crippen molar-refractivity contribution >= 4 is 0 Å². The lowest BCUT2D eigenvalue weighted by molar-refractivity contribution is 0.195. The Morgan fingerprint density at radius 2 is 1.62 bits per heavy atom. The van der Waals surface area contributed by atoms with E-state index in [2.05, 4.69) is 12.2 Å². The van der Waals surface area contributed by atoms with Crippen LogP contribution >= 0.6 is 0 Å². The second-order valence-corrected chi connectivity index (χ2v) is 6.79. The number of unbranched alkanes of at least 4 members (excludes halogenated alkanes) is 7. The number of aliphatic hydroxyl groups is 1. The van der Waals surface area contributed by atoms with E-state index in [-0.39, 0.29) is 12.6 Å². The zero-order valence-corrected chi connectivity index (χ0v) is 14.4. The number of nitrogens with one attached hydrogen (secondary N) is 1. The van der Waals surface area contributed by atoms with Gasteiger partial charge < -0.3 is 21.9 Å². The van der Waals surface area contributed by atoms with Gasteiger partial charge >= 0.3 is 0 Å². The summed E-state index contributed by atoms with van der Waals surface area (Å²) < 4.78 is 0. The first-order chi connectivity index (χ1) is 10.0. The lowest BCUT2D eigenvalue weighted by Gasteiger charge is -2.23. The molecule has 128 valence electrons. The summed E-state index contributed by atoms with van der Waals surface area (Å²) in [7, 11) is 0. The van der Waals surface area contributed by atoms with E-state index >= 15 is 0 Å². The predicted octanol–water partition coefficient (Wildman–Crippen LogP) is 2.53. The van der Waals surface area contributed by atoms with E-state index in [0.717, 1.165) is 25.9 Å². The number of hydrogen-bond donors (Lipinski definition) is 4. The van der Waals surface area contributed by atoms with Crippen LogP contribution < -0.4 is 16.8 Å². The molecule has 0 amide bonds. The average molecular weight is 302 g/mol. The van der Waals surface area contributed by atoms with Gasteiger partial charge in [0.15, 0.2) is 0 Å². The van der Waals surface area contributed by atoms with Crippen LogP contribution in [-0.2, 0) is 0 Å². The summed E-state index contributed by atoms with van der Waals surface area (Å²) in [6.07, 6.45) is 12.4. The number of rotatable bonds is 15. The molecule has 6 N–H and O–H groups in total. The third-order valence-electron chi connectivity index (χ3n) is 4.06. The molecule has 0 aliphatic carbocycles. The van der Waals surface area contributed by atoms with Crippen molar-refractivity contribution in [2.24, 2.45) is 11.5 Å². The maximum Gasteiger partial charge on any atom is 0.0608 e. The van der Waals surface area contributed by atoms with Gasteiger partial charge in [0.1, 0.15) is 0 Å². The minimum atomic E-state index is -0.491. The summed E-state index contributed by atoms with van der Waals surface area (Å²) in [5.74, 6) is 0. The first-order valence-electron chi connectivity index (χ1n) is 8.88. The van der Waals surface area contributed by atoms with E-state index in [1.807, 2.05) is 6.92 Å². The fraction of sp³-hybridized carbons (Fsp3) is 1.00. The van der Waals surface area contributed by atoms with Crippen molar-refractivity contribution in [2.45, 2.75) is 89.6 Å². The van der Waals surface area contributed by atoms with Crippen LogP contribution in [0.4, 0.5) is 0 Å². The summed E-state index contributed by atoms with van der Waals surface area (Å²) in [5.41, 5.74) is 11.4. The number of aliphatic hydroxyl groups excluding tert-OH is 1. The molecule has 0 fully saturated rings. The van der Waals surface area contributed by atoms with Crippen LogP contribution in [0.25, 0.3) is 0 Å². The molecule has 0 saturated heterocycles. The molecule has 21 heavy (non-hydrogen) atoms. The molecular weight excluding hydrogens is 262 g/mol. The van der Waals surface area contributed by atoms with Gasteiger partial charge in [-0.1, -0.05) is 51.9 Å². The van der Waals surface area contributed by atoms with E-state index in [1.165, 1.54) is 51.4 Å². The molecule has 0 aromatic rings. The summed E-state index contributed by atoms with van der Waals surface area (Å²) in [5, 5.41) is 12.5. The normalized spacial score (nSPS) is 15.9. The lowest BCUT2D eigenvalue weighted by Crippen LogP contribution is -2.43. The standard InChI is InChI=1S/C17H39N3O/c1-3-4-5-6-7-8-9-10-13-20-14-16(18)11-12-17(2,19)15-21/h16,20-21H,3-15,18-19H2,1-2H3. The maximum absolute atomic E-state index is 9.09. The third-order valence-corrected chi connectivity index (χ3v) is 4.06. The fourth-order valence-electron chi connectivity index (χ4n) is 2.37. The van der Waals surface area contributed by atoms with Crippen LogP contribution in [0, 0.1) is 0 Å². The van der Waals surface area contributed by atoms with E-state index < -0.39 is 5.54 Å². The van der Waals surface area contributed by atoms with Crippen LogP contribution in [-0.4, -0.2) is 36.4 Å². The van der Waals surface area contributed by atoms with Crippen LogP contribution in [0.3, 0.4) is 0 Å². The molecule has 0 spiro atoms. The van der Waals surface area contributed by atoms with Gasteiger partial charge in [-0.05, 0) is 32.7 Å². The van der Waals surface area contributed by atoms with E-state index in [4.69, 9.17) is 16.6 Å². The minimum absolute atomic E-state index is 0.0193. The van der Waals surface area contributed by atoms with Crippen LogP contribution in [0.1, 0.15) is 78.1 Å². The Kier molecular flexibility index (Phi) is 13.4. The summed E-state index contributed by atoms with van der Waals surface area (Å²) in [6, 6.07) is 0.133. The highest BCUT2D eigenvalue weighted by Gasteiger charge is 2.17. The Hall–Kier alpha value is -0.160. The molecule has 2 unspecified atom stereocenters. The number of hydrogen-bond acceptors (Lipinski definition) is 4. The summed E-state index contributed by atoms with van der Waals surface area (Å²) in [4.78, 5) is 0. The molecule has 4 heteroatoms. The van der Waals surface area contributed by atoms with Crippen LogP contribution in [0.15, 0.2) is 0 Å². The van der Waals surface area contributed by atoms with Gasteiger partial charge in [0.25, 0.3) is 0 Å². The first-order valence-corrected chi connectivity index (χ1v) is 8.88. The van der Waals surface area contributed by atoms with Gasteiger partial charge in [-0.3, -0.25) is 0 Å². The zero-order chi connectivity index (χ0) is 16.0. The van der Waals surface area contributed by atoms with E-state index in [9.17, 15) is 0 Å². The Labute approximate surface area is 132 Å². The van der Waals surface area contributed by atoms with Crippen molar-refractivity contribution in [3.63, 3.8) is 0 Å². The van der Waals surface area contributed by atoms with E-state index in [0.29, 0.717) is 0 Å². The lowest BCUT2D eigenvalue weighted by atomic mass is 9.96. The van der Waals surface area contributed by atoms with E-state index in [1.54, 1.807) is 0 Å². The second kappa shape index (κ2) is 13.5. The second-order valence-electron chi connectivity index (χ2n) is 6.79. The molecule has 0 saturated carbocycles. The topological polar surface area (TPSA) is 84.3 Å². The highest BCUT2D eigenvalue weighted by molar-refractivity contribution is 4.80. The predicted molar refractivity (Wildman–Crippen MR) is 92.4 cm³/mol.